The van der Waals surface area contributed by atoms with E-state index in [4.69, 9.17) is 0 Å². The van der Waals surface area contributed by atoms with Gasteiger partial charge in [-0.1, -0.05) is 0 Å². The Morgan fingerprint density at radius 1 is 1.15 bits per heavy atom. The van der Waals surface area contributed by atoms with Crippen LogP contribution in [0.15, 0.2) is 63.0 Å². The summed E-state index contributed by atoms with van der Waals surface area (Å²) in [5.74, 6) is -0.392. The van der Waals surface area contributed by atoms with Crippen LogP contribution in [0.25, 0.3) is 0 Å². The van der Waals surface area contributed by atoms with Crippen LogP contribution >= 0.6 is 0 Å². The van der Waals surface area contributed by atoms with Crippen LogP contribution < -0.4 is 10.1 Å². The van der Waals surface area contributed by atoms with Crippen molar-refractivity contribution in [3.05, 3.63) is 42.7 Å². The molecule has 134 valence electrons. The number of anilines is 1. The van der Waals surface area contributed by atoms with E-state index in [2.05, 4.69) is 35.4 Å². The Labute approximate surface area is 149 Å². The standard InChI is InChI=1S/C15H15N7O3S/c1-10-15(2,13(23)20-18-10)22-19-11-4-6-12(7-5-11)26(24,25)21-14-16-8-3-9-17-14/h3-9H,1-2H3,(H,20,23)(H,16,17,21). The van der Waals surface area contributed by atoms with Crippen LogP contribution in [0.3, 0.4) is 0 Å². The number of hydrazone groups is 1. The molecule has 0 bridgehead atoms. The number of hydrogen-bond donors (Lipinski definition) is 2. The zero-order valence-electron chi connectivity index (χ0n) is 13.9. The number of azo groups is 1. The summed E-state index contributed by atoms with van der Waals surface area (Å²) in [5, 5.41) is 11.9. The molecule has 0 saturated heterocycles. The van der Waals surface area contributed by atoms with Gasteiger partial charge in [-0.05, 0) is 44.2 Å². The van der Waals surface area contributed by atoms with Gasteiger partial charge < -0.3 is 0 Å². The molecule has 1 aromatic heterocycles. The molecule has 0 radical (unpaired) electrons. The van der Waals surface area contributed by atoms with Crippen LogP contribution in [0.2, 0.25) is 0 Å². The minimum atomic E-state index is -3.82. The third kappa shape index (κ3) is 3.42. The second kappa shape index (κ2) is 6.59. The van der Waals surface area contributed by atoms with Crippen LogP contribution in [0.1, 0.15) is 13.8 Å². The van der Waals surface area contributed by atoms with Crippen LogP contribution in [0, 0.1) is 0 Å². The SMILES string of the molecule is CC1=NNC(=O)C1(C)N=Nc1ccc(S(=O)(=O)Nc2ncccn2)cc1. The maximum atomic E-state index is 12.3. The highest BCUT2D eigenvalue weighted by atomic mass is 32.2. The van der Waals surface area contributed by atoms with E-state index in [1.807, 2.05) is 0 Å². The minimum Gasteiger partial charge on any atom is -0.270 e. The Kier molecular flexibility index (Phi) is 4.47. The van der Waals surface area contributed by atoms with E-state index >= 15 is 0 Å². The molecular formula is C15H15N7O3S. The normalized spacial score (nSPS) is 20.1. The molecule has 1 amide bonds. The van der Waals surface area contributed by atoms with Crippen LogP contribution in [0.4, 0.5) is 11.6 Å². The first-order chi connectivity index (χ1) is 12.3. The first-order valence-corrected chi connectivity index (χ1v) is 8.97. The molecule has 0 saturated carbocycles. The zero-order chi connectivity index (χ0) is 18.8. The van der Waals surface area contributed by atoms with Crippen molar-refractivity contribution in [1.82, 2.24) is 15.4 Å². The third-order valence-electron chi connectivity index (χ3n) is 3.78. The summed E-state index contributed by atoms with van der Waals surface area (Å²) in [6.45, 7) is 3.27. The Hall–Kier alpha value is -3.21. The number of sulfonamides is 1. The van der Waals surface area contributed by atoms with E-state index in [-0.39, 0.29) is 16.8 Å². The number of carbonyl (C=O) groups is 1. The predicted molar refractivity (Wildman–Crippen MR) is 93.5 cm³/mol. The van der Waals surface area contributed by atoms with Crippen molar-refractivity contribution >= 4 is 33.3 Å². The molecule has 26 heavy (non-hydrogen) atoms. The van der Waals surface area contributed by atoms with Gasteiger partial charge in [-0.25, -0.2) is 28.5 Å². The van der Waals surface area contributed by atoms with Gasteiger partial charge in [0, 0.05) is 12.4 Å². The molecule has 0 aliphatic carbocycles. The van der Waals surface area contributed by atoms with E-state index in [0.29, 0.717) is 11.4 Å². The highest BCUT2D eigenvalue weighted by Crippen LogP contribution is 2.23. The van der Waals surface area contributed by atoms with Crippen molar-refractivity contribution in [3.63, 3.8) is 0 Å². The lowest BCUT2D eigenvalue weighted by atomic mass is 9.99. The van der Waals surface area contributed by atoms with E-state index in [1.54, 1.807) is 19.9 Å². The fourth-order valence-corrected chi connectivity index (χ4v) is 2.97. The number of rotatable bonds is 5. The summed E-state index contributed by atoms with van der Waals surface area (Å²) in [5.41, 5.74) is 2.07. The second-order valence-electron chi connectivity index (χ2n) is 5.58. The smallest absolute Gasteiger partial charge is 0.270 e. The lowest BCUT2D eigenvalue weighted by molar-refractivity contribution is -0.122. The van der Waals surface area contributed by atoms with Gasteiger partial charge in [-0.2, -0.15) is 15.3 Å². The largest absolute Gasteiger partial charge is 0.275 e. The van der Waals surface area contributed by atoms with E-state index in [0.717, 1.165) is 0 Å². The molecule has 2 heterocycles. The molecule has 10 nitrogen and oxygen atoms in total. The van der Waals surface area contributed by atoms with Crippen LogP contribution in [-0.2, 0) is 14.8 Å². The molecular weight excluding hydrogens is 358 g/mol. The molecule has 1 aliphatic heterocycles. The van der Waals surface area contributed by atoms with Gasteiger partial charge in [0.25, 0.3) is 15.9 Å². The van der Waals surface area contributed by atoms with Gasteiger partial charge in [0.1, 0.15) is 0 Å². The maximum absolute atomic E-state index is 12.3. The van der Waals surface area contributed by atoms with Gasteiger partial charge in [-0.3, -0.25) is 4.79 Å². The Bertz CT molecular complexity index is 988. The van der Waals surface area contributed by atoms with E-state index < -0.39 is 15.6 Å². The first kappa shape index (κ1) is 17.6. The molecule has 0 spiro atoms. The Balaban J connectivity index is 1.77. The topological polar surface area (TPSA) is 138 Å². The average Bonchev–Trinajstić information content (AvgIpc) is 2.88. The Morgan fingerprint density at radius 2 is 1.81 bits per heavy atom. The van der Waals surface area contributed by atoms with Crippen molar-refractivity contribution in [2.75, 3.05) is 4.72 Å². The van der Waals surface area contributed by atoms with Crippen molar-refractivity contribution < 1.29 is 13.2 Å². The van der Waals surface area contributed by atoms with Gasteiger partial charge >= 0.3 is 0 Å². The summed E-state index contributed by atoms with van der Waals surface area (Å²) in [7, 11) is -3.82. The molecule has 1 unspecified atom stereocenters. The fourth-order valence-electron chi connectivity index (χ4n) is 2.02. The summed E-state index contributed by atoms with van der Waals surface area (Å²) < 4.78 is 26.9. The maximum Gasteiger partial charge on any atom is 0.275 e. The highest BCUT2D eigenvalue weighted by Gasteiger charge is 2.41. The zero-order valence-corrected chi connectivity index (χ0v) is 14.7. The lowest BCUT2D eigenvalue weighted by Crippen LogP contribution is -2.39. The molecule has 11 heteroatoms. The molecule has 1 aliphatic rings. The highest BCUT2D eigenvalue weighted by molar-refractivity contribution is 7.92. The number of nitrogens with one attached hydrogen (secondary N) is 2. The van der Waals surface area contributed by atoms with Gasteiger partial charge in [-0.15, -0.1) is 0 Å². The summed E-state index contributed by atoms with van der Waals surface area (Å²) in [6, 6.07) is 7.28. The predicted octanol–water partition coefficient (Wildman–Crippen LogP) is 1.63. The number of aromatic nitrogens is 2. The lowest BCUT2D eigenvalue weighted by Gasteiger charge is -2.13. The quantitative estimate of drug-likeness (QED) is 0.767. The Morgan fingerprint density at radius 3 is 2.38 bits per heavy atom. The van der Waals surface area contributed by atoms with Gasteiger partial charge in [0.15, 0.2) is 5.54 Å². The van der Waals surface area contributed by atoms with Crippen molar-refractivity contribution in [1.29, 1.82) is 0 Å². The molecule has 3 rings (SSSR count). The molecule has 2 aromatic rings. The van der Waals surface area contributed by atoms with Crippen molar-refractivity contribution in [3.8, 4) is 0 Å². The number of nitrogens with zero attached hydrogens (tertiary/aromatic N) is 5. The van der Waals surface area contributed by atoms with Gasteiger partial charge in [0.2, 0.25) is 5.95 Å². The van der Waals surface area contributed by atoms with Crippen LogP contribution in [-0.4, -0.2) is 35.5 Å². The van der Waals surface area contributed by atoms with Gasteiger partial charge in [0.05, 0.1) is 16.3 Å². The monoisotopic (exact) mass is 373 g/mol. The molecule has 2 N–H and O–H groups in total. The van der Waals surface area contributed by atoms with E-state index in [1.165, 1.54) is 36.7 Å². The number of amides is 1. The summed E-state index contributed by atoms with van der Waals surface area (Å²) in [4.78, 5) is 19.5. The van der Waals surface area contributed by atoms with E-state index in [9.17, 15) is 13.2 Å². The average molecular weight is 373 g/mol. The number of benzene rings is 1. The van der Waals surface area contributed by atoms with Crippen molar-refractivity contribution in [2.45, 2.75) is 24.3 Å². The molecule has 1 atom stereocenters. The second-order valence-corrected chi connectivity index (χ2v) is 7.26. The number of carbonyl (C=O) groups excluding carboxylic acids is 1. The number of hydrogen-bond acceptors (Lipinski definition) is 8. The third-order valence-corrected chi connectivity index (χ3v) is 5.12. The minimum absolute atomic E-state index is 0.0199. The van der Waals surface area contributed by atoms with Crippen LogP contribution in [0.5, 0.6) is 0 Å². The first-order valence-electron chi connectivity index (χ1n) is 7.49. The van der Waals surface area contributed by atoms with Crippen molar-refractivity contribution in [2.24, 2.45) is 15.3 Å². The molecule has 0 fully saturated rings. The summed E-state index contributed by atoms with van der Waals surface area (Å²) in [6.07, 6.45) is 2.86. The summed E-state index contributed by atoms with van der Waals surface area (Å²) >= 11 is 0. The molecule has 1 aromatic carbocycles. The fraction of sp³-hybridized carbons (Fsp3) is 0.200.